The highest BCUT2D eigenvalue weighted by atomic mass is 35.5. The number of pyridine rings is 1. The van der Waals surface area contributed by atoms with Crippen molar-refractivity contribution in [2.75, 3.05) is 22.9 Å². The molecule has 4 heterocycles. The lowest BCUT2D eigenvalue weighted by atomic mass is 9.98. The molecule has 2 aromatic heterocycles. The Bertz CT molecular complexity index is 1430. The number of rotatable bonds is 5. The Labute approximate surface area is 232 Å². The number of anilines is 2. The van der Waals surface area contributed by atoms with Crippen molar-refractivity contribution >= 4 is 40.3 Å². The Morgan fingerprint density at radius 3 is 2.45 bits per heavy atom. The first-order valence-corrected chi connectivity index (χ1v) is 13.8. The molecule has 38 heavy (non-hydrogen) atoms. The lowest BCUT2D eigenvalue weighted by molar-refractivity contribution is 0.438. The fourth-order valence-corrected chi connectivity index (χ4v) is 6.20. The van der Waals surface area contributed by atoms with Gasteiger partial charge >= 0.3 is 0 Å². The molecule has 1 N–H and O–H groups in total. The SMILES string of the molecule is CC1CCN(c2ccc(N3C(=S)N[C@H](c4ccccn4)[C@@H]3c3cccn3-c3ccc(F)cc3)cc2Cl)CC1. The molecule has 2 saturated heterocycles. The summed E-state index contributed by atoms with van der Waals surface area (Å²) < 4.78 is 15.8. The van der Waals surface area contributed by atoms with Gasteiger partial charge in [0.25, 0.3) is 0 Å². The standard InChI is InChI=1S/C30H29ClFN5S/c1-20-13-17-35(18-14-20)26-12-11-23(19-24(26)31)37-29(28(34-30(37)38)25-5-2-3-15-33-25)27-6-4-16-36(27)22-9-7-21(32)8-10-22/h2-12,15-16,19-20,28-29H,13-14,17-18H2,1H3,(H,34,38)/t28-,29+/m1/s1. The summed E-state index contributed by atoms with van der Waals surface area (Å²) in [6, 6.07) is 22.3. The maximum Gasteiger partial charge on any atom is 0.174 e. The number of piperidine rings is 1. The van der Waals surface area contributed by atoms with Crippen molar-refractivity contribution in [3.63, 3.8) is 0 Å². The number of benzene rings is 2. The van der Waals surface area contributed by atoms with E-state index in [0.29, 0.717) is 10.1 Å². The Kier molecular flexibility index (Phi) is 6.80. The van der Waals surface area contributed by atoms with Crippen molar-refractivity contribution in [2.24, 2.45) is 5.92 Å². The molecule has 0 bridgehead atoms. The Balaban J connectivity index is 1.42. The Morgan fingerprint density at radius 2 is 1.74 bits per heavy atom. The van der Waals surface area contributed by atoms with Gasteiger partial charge < -0.3 is 19.7 Å². The summed E-state index contributed by atoms with van der Waals surface area (Å²) in [5.41, 5.74) is 4.74. The van der Waals surface area contributed by atoms with Gasteiger partial charge in [0, 0.05) is 42.6 Å². The van der Waals surface area contributed by atoms with Crippen molar-refractivity contribution in [3.05, 3.63) is 107 Å². The normalized spacial score (nSPS) is 20.1. The third-order valence-corrected chi connectivity index (χ3v) is 8.24. The van der Waals surface area contributed by atoms with Crippen LogP contribution in [-0.4, -0.2) is 27.8 Å². The van der Waals surface area contributed by atoms with Crippen LogP contribution in [0.15, 0.2) is 85.2 Å². The van der Waals surface area contributed by atoms with E-state index in [-0.39, 0.29) is 17.9 Å². The molecule has 0 amide bonds. The lowest BCUT2D eigenvalue weighted by Crippen LogP contribution is -2.33. The van der Waals surface area contributed by atoms with E-state index in [1.807, 2.05) is 36.5 Å². The topological polar surface area (TPSA) is 36.3 Å². The highest BCUT2D eigenvalue weighted by Gasteiger charge is 2.42. The molecule has 0 aliphatic carbocycles. The third kappa shape index (κ3) is 4.65. The van der Waals surface area contributed by atoms with E-state index in [1.54, 1.807) is 18.3 Å². The van der Waals surface area contributed by atoms with Gasteiger partial charge in [-0.3, -0.25) is 4.98 Å². The van der Waals surface area contributed by atoms with E-state index in [1.165, 1.54) is 25.0 Å². The van der Waals surface area contributed by atoms with Crippen molar-refractivity contribution in [2.45, 2.75) is 31.8 Å². The maximum absolute atomic E-state index is 13.7. The second-order valence-corrected chi connectivity index (χ2v) is 10.9. The first-order valence-electron chi connectivity index (χ1n) is 13.0. The minimum atomic E-state index is -0.267. The lowest BCUT2D eigenvalue weighted by Gasteiger charge is -2.33. The molecule has 8 heteroatoms. The number of halogens is 2. The fourth-order valence-electron chi connectivity index (χ4n) is 5.56. The summed E-state index contributed by atoms with van der Waals surface area (Å²) in [6.07, 6.45) is 6.13. The molecular weight excluding hydrogens is 517 g/mol. The zero-order valence-corrected chi connectivity index (χ0v) is 22.7. The van der Waals surface area contributed by atoms with Crippen LogP contribution in [0.4, 0.5) is 15.8 Å². The minimum Gasteiger partial charge on any atom is -0.370 e. The summed E-state index contributed by atoms with van der Waals surface area (Å²) >= 11 is 12.8. The first-order chi connectivity index (χ1) is 18.5. The van der Waals surface area contributed by atoms with Gasteiger partial charge in [-0.2, -0.15) is 0 Å². The van der Waals surface area contributed by atoms with Crippen molar-refractivity contribution < 1.29 is 4.39 Å². The number of nitrogens with one attached hydrogen (secondary N) is 1. The molecule has 2 aliphatic rings. The van der Waals surface area contributed by atoms with Gasteiger partial charge in [0.2, 0.25) is 0 Å². The predicted octanol–water partition coefficient (Wildman–Crippen LogP) is 7.08. The van der Waals surface area contributed by atoms with Gasteiger partial charge in [0.05, 0.1) is 22.4 Å². The molecule has 0 spiro atoms. The van der Waals surface area contributed by atoms with Gasteiger partial charge in [0.1, 0.15) is 11.9 Å². The largest absolute Gasteiger partial charge is 0.370 e. The summed E-state index contributed by atoms with van der Waals surface area (Å²) in [7, 11) is 0. The molecule has 0 saturated carbocycles. The van der Waals surface area contributed by atoms with Gasteiger partial charge in [0.15, 0.2) is 5.11 Å². The smallest absolute Gasteiger partial charge is 0.174 e. The molecule has 4 aromatic rings. The van der Waals surface area contributed by atoms with Crippen LogP contribution in [0.5, 0.6) is 0 Å². The predicted molar refractivity (Wildman–Crippen MR) is 156 cm³/mol. The van der Waals surface area contributed by atoms with E-state index >= 15 is 0 Å². The Hall–Kier alpha value is -3.42. The zero-order chi connectivity index (χ0) is 26.2. The molecule has 2 fully saturated rings. The molecular formula is C30H29ClFN5S. The summed E-state index contributed by atoms with van der Waals surface area (Å²) in [5.74, 6) is 0.482. The molecule has 6 rings (SSSR count). The van der Waals surface area contributed by atoms with Crippen LogP contribution < -0.4 is 15.1 Å². The molecule has 2 aliphatic heterocycles. The second kappa shape index (κ2) is 10.4. The van der Waals surface area contributed by atoms with Crippen molar-refractivity contribution in [1.29, 1.82) is 0 Å². The molecule has 5 nitrogen and oxygen atoms in total. The molecule has 194 valence electrons. The van der Waals surface area contributed by atoms with Crippen LogP contribution in [-0.2, 0) is 0 Å². The number of hydrogen-bond acceptors (Lipinski definition) is 3. The highest BCUT2D eigenvalue weighted by molar-refractivity contribution is 7.80. The first kappa shape index (κ1) is 24.9. The van der Waals surface area contributed by atoms with Gasteiger partial charge in [-0.1, -0.05) is 24.6 Å². The van der Waals surface area contributed by atoms with Crippen LogP contribution in [0.2, 0.25) is 5.02 Å². The Morgan fingerprint density at radius 1 is 0.974 bits per heavy atom. The minimum absolute atomic E-state index is 0.195. The van der Waals surface area contributed by atoms with E-state index in [2.05, 4.69) is 49.8 Å². The average molecular weight is 546 g/mol. The van der Waals surface area contributed by atoms with Crippen LogP contribution in [0.3, 0.4) is 0 Å². The van der Waals surface area contributed by atoms with E-state index in [4.69, 9.17) is 23.8 Å². The highest BCUT2D eigenvalue weighted by Crippen LogP contribution is 2.44. The van der Waals surface area contributed by atoms with Crippen LogP contribution in [0.25, 0.3) is 5.69 Å². The third-order valence-electron chi connectivity index (χ3n) is 7.62. The quantitative estimate of drug-likeness (QED) is 0.271. The average Bonchev–Trinajstić information content (AvgIpc) is 3.54. The van der Waals surface area contributed by atoms with Crippen LogP contribution >= 0.6 is 23.8 Å². The number of nitrogens with zero attached hydrogens (tertiary/aromatic N) is 4. The number of aromatic nitrogens is 2. The maximum atomic E-state index is 13.7. The van der Waals surface area contributed by atoms with Gasteiger partial charge in [-0.25, -0.2) is 4.39 Å². The molecule has 0 unspecified atom stereocenters. The van der Waals surface area contributed by atoms with Crippen LogP contribution in [0.1, 0.15) is 43.2 Å². The molecule has 2 atom stereocenters. The van der Waals surface area contributed by atoms with Crippen LogP contribution in [0, 0.1) is 11.7 Å². The van der Waals surface area contributed by atoms with E-state index in [0.717, 1.165) is 47.5 Å². The summed E-state index contributed by atoms with van der Waals surface area (Å²) in [5, 5.41) is 4.84. The van der Waals surface area contributed by atoms with Gasteiger partial charge in [-0.15, -0.1) is 0 Å². The summed E-state index contributed by atoms with van der Waals surface area (Å²) in [6.45, 7) is 4.34. The van der Waals surface area contributed by atoms with Crippen molar-refractivity contribution in [1.82, 2.24) is 14.9 Å². The number of thiocarbonyl (C=S) groups is 1. The monoisotopic (exact) mass is 545 g/mol. The second-order valence-electron chi connectivity index (χ2n) is 10.1. The zero-order valence-electron chi connectivity index (χ0n) is 21.1. The van der Waals surface area contributed by atoms with E-state index < -0.39 is 0 Å². The summed E-state index contributed by atoms with van der Waals surface area (Å²) in [4.78, 5) is 9.15. The van der Waals surface area contributed by atoms with Crippen molar-refractivity contribution in [3.8, 4) is 5.69 Å². The van der Waals surface area contributed by atoms with E-state index in [9.17, 15) is 4.39 Å². The molecule has 0 radical (unpaired) electrons. The van der Waals surface area contributed by atoms with Gasteiger partial charge in [-0.05, 0) is 97.7 Å². The fraction of sp³-hybridized carbons (Fsp3) is 0.267. The number of hydrogen-bond donors (Lipinski definition) is 1. The molecule has 2 aromatic carbocycles.